The lowest BCUT2D eigenvalue weighted by molar-refractivity contribution is -0.384. The average molecular weight is 493 g/mol. The standard InChI is InChI=1S/C23H29FN4O5S/c1-26-10-12-27(13-11-26)34(31,32)20-6-7-21(22(16-20)28(29)30)25-17-23(8-14-33-15-9-23)18-2-4-19(24)5-3-18/h2-7,16,25H,8-15,17H2,1H3. The summed E-state index contributed by atoms with van der Waals surface area (Å²) in [7, 11) is -1.91. The van der Waals surface area contributed by atoms with Gasteiger partial charge in [-0.2, -0.15) is 4.31 Å². The molecule has 11 heteroatoms. The van der Waals surface area contributed by atoms with Gasteiger partial charge in [0.25, 0.3) is 5.69 Å². The van der Waals surface area contributed by atoms with Crippen LogP contribution in [-0.4, -0.2) is 75.5 Å². The maximum absolute atomic E-state index is 13.5. The number of sulfonamides is 1. The van der Waals surface area contributed by atoms with Crippen LogP contribution in [0.15, 0.2) is 47.4 Å². The predicted molar refractivity (Wildman–Crippen MR) is 126 cm³/mol. The molecule has 2 aromatic carbocycles. The molecule has 4 rings (SSSR count). The Morgan fingerprint density at radius 1 is 1.09 bits per heavy atom. The van der Waals surface area contributed by atoms with Gasteiger partial charge >= 0.3 is 0 Å². The van der Waals surface area contributed by atoms with Gasteiger partial charge in [-0.1, -0.05) is 12.1 Å². The molecule has 2 aromatic rings. The van der Waals surface area contributed by atoms with E-state index in [0.29, 0.717) is 58.8 Å². The fraction of sp³-hybridized carbons (Fsp3) is 0.478. The summed E-state index contributed by atoms with van der Waals surface area (Å²) < 4.78 is 46.5. The number of ether oxygens (including phenoxy) is 1. The van der Waals surface area contributed by atoms with Gasteiger partial charge in [-0.15, -0.1) is 0 Å². The summed E-state index contributed by atoms with van der Waals surface area (Å²) in [5.74, 6) is -0.327. The van der Waals surface area contributed by atoms with Crippen LogP contribution in [0.5, 0.6) is 0 Å². The van der Waals surface area contributed by atoms with Crippen molar-refractivity contribution in [2.24, 2.45) is 0 Å². The van der Waals surface area contributed by atoms with Crippen LogP contribution in [-0.2, 0) is 20.2 Å². The highest BCUT2D eigenvalue weighted by Gasteiger charge is 2.35. The Morgan fingerprint density at radius 3 is 2.35 bits per heavy atom. The third kappa shape index (κ3) is 5.07. The highest BCUT2D eigenvalue weighted by atomic mass is 32.2. The number of nitro groups is 1. The number of piperazine rings is 1. The fourth-order valence-corrected chi connectivity index (χ4v) is 5.99. The summed E-state index contributed by atoms with van der Waals surface area (Å²) >= 11 is 0. The topological polar surface area (TPSA) is 105 Å². The number of anilines is 1. The molecule has 0 amide bonds. The molecule has 0 aliphatic carbocycles. The van der Waals surface area contributed by atoms with Crippen LogP contribution < -0.4 is 5.32 Å². The number of hydrogen-bond acceptors (Lipinski definition) is 7. The van der Waals surface area contributed by atoms with Crippen molar-refractivity contribution in [3.63, 3.8) is 0 Å². The van der Waals surface area contributed by atoms with E-state index < -0.39 is 14.9 Å². The number of benzene rings is 2. The SMILES string of the molecule is CN1CCN(S(=O)(=O)c2ccc(NCC3(c4ccc(F)cc4)CCOCC3)c([N+](=O)[O-])c2)CC1. The Hall–Kier alpha value is -2.60. The zero-order chi connectivity index (χ0) is 24.3. The molecule has 0 atom stereocenters. The molecule has 0 bridgehead atoms. The van der Waals surface area contributed by atoms with Gasteiger partial charge in [-0.25, -0.2) is 12.8 Å². The van der Waals surface area contributed by atoms with Crippen LogP contribution in [0.4, 0.5) is 15.8 Å². The molecule has 2 aliphatic rings. The predicted octanol–water partition coefficient (Wildman–Crippen LogP) is 2.83. The number of likely N-dealkylation sites (N-methyl/N-ethyl adjacent to an activating group) is 1. The molecule has 184 valence electrons. The fourth-order valence-electron chi connectivity index (χ4n) is 4.55. The van der Waals surface area contributed by atoms with Crippen molar-refractivity contribution in [1.82, 2.24) is 9.21 Å². The Morgan fingerprint density at radius 2 is 1.74 bits per heavy atom. The van der Waals surface area contributed by atoms with Crippen LogP contribution in [0.2, 0.25) is 0 Å². The molecular weight excluding hydrogens is 463 g/mol. The zero-order valence-corrected chi connectivity index (χ0v) is 19.9. The van der Waals surface area contributed by atoms with Gasteiger partial charge in [0.05, 0.1) is 9.82 Å². The molecule has 0 aromatic heterocycles. The largest absolute Gasteiger partial charge is 0.381 e. The molecule has 2 fully saturated rings. The Bertz CT molecular complexity index is 1130. The van der Waals surface area contributed by atoms with E-state index in [2.05, 4.69) is 5.32 Å². The van der Waals surface area contributed by atoms with Crippen LogP contribution >= 0.6 is 0 Å². The Kier molecular flexibility index (Phi) is 7.17. The summed E-state index contributed by atoms with van der Waals surface area (Å²) in [5.41, 5.74) is 0.498. The van der Waals surface area contributed by atoms with Crippen molar-refractivity contribution in [2.45, 2.75) is 23.2 Å². The smallest absolute Gasteiger partial charge is 0.293 e. The second-order valence-corrected chi connectivity index (χ2v) is 10.8. The van der Waals surface area contributed by atoms with E-state index in [-0.39, 0.29) is 27.5 Å². The first-order valence-corrected chi connectivity index (χ1v) is 12.7. The molecule has 0 unspecified atom stereocenters. The van der Waals surface area contributed by atoms with E-state index in [9.17, 15) is 22.9 Å². The van der Waals surface area contributed by atoms with Gasteiger partial charge in [0, 0.05) is 57.4 Å². The average Bonchev–Trinajstić information content (AvgIpc) is 2.84. The van der Waals surface area contributed by atoms with E-state index in [4.69, 9.17) is 4.74 Å². The maximum Gasteiger partial charge on any atom is 0.293 e. The van der Waals surface area contributed by atoms with Gasteiger partial charge in [0.2, 0.25) is 10.0 Å². The molecule has 2 aliphatic heterocycles. The summed E-state index contributed by atoms with van der Waals surface area (Å²) in [5, 5.41) is 15.0. The van der Waals surface area contributed by atoms with E-state index in [1.807, 2.05) is 11.9 Å². The van der Waals surface area contributed by atoms with Crippen molar-refractivity contribution in [3.05, 3.63) is 64.0 Å². The molecule has 0 radical (unpaired) electrons. The van der Waals surface area contributed by atoms with Gasteiger partial charge < -0.3 is 15.0 Å². The van der Waals surface area contributed by atoms with Crippen molar-refractivity contribution < 1.29 is 22.5 Å². The number of nitrogens with one attached hydrogen (secondary N) is 1. The minimum Gasteiger partial charge on any atom is -0.381 e. The first-order valence-electron chi connectivity index (χ1n) is 11.3. The minimum atomic E-state index is -3.83. The van der Waals surface area contributed by atoms with Crippen molar-refractivity contribution in [2.75, 3.05) is 58.3 Å². The quantitative estimate of drug-likeness (QED) is 0.468. The van der Waals surface area contributed by atoms with Crippen molar-refractivity contribution in [3.8, 4) is 0 Å². The van der Waals surface area contributed by atoms with Crippen LogP contribution in [0.1, 0.15) is 18.4 Å². The molecule has 1 N–H and O–H groups in total. The molecule has 2 saturated heterocycles. The molecule has 2 heterocycles. The van der Waals surface area contributed by atoms with Crippen LogP contribution in [0.3, 0.4) is 0 Å². The molecule has 9 nitrogen and oxygen atoms in total. The summed E-state index contributed by atoms with van der Waals surface area (Å²) in [6, 6.07) is 10.3. The number of nitro benzene ring substituents is 1. The molecule has 0 spiro atoms. The van der Waals surface area contributed by atoms with E-state index in [0.717, 1.165) is 11.6 Å². The number of nitrogens with zero attached hydrogens (tertiary/aromatic N) is 3. The van der Waals surface area contributed by atoms with Gasteiger partial charge in [0.15, 0.2) is 0 Å². The number of hydrogen-bond donors (Lipinski definition) is 1. The first-order chi connectivity index (χ1) is 16.2. The monoisotopic (exact) mass is 492 g/mol. The molecular formula is C23H29FN4O5S. The summed E-state index contributed by atoms with van der Waals surface area (Å²) in [4.78, 5) is 13.2. The Balaban J connectivity index is 1.59. The second kappa shape index (κ2) is 9.95. The van der Waals surface area contributed by atoms with Gasteiger partial charge in [-0.3, -0.25) is 10.1 Å². The third-order valence-electron chi connectivity index (χ3n) is 6.79. The minimum absolute atomic E-state index is 0.0892. The van der Waals surface area contributed by atoms with E-state index in [1.165, 1.54) is 28.6 Å². The van der Waals surface area contributed by atoms with Gasteiger partial charge in [0.1, 0.15) is 11.5 Å². The lowest BCUT2D eigenvalue weighted by Gasteiger charge is -2.38. The molecule has 34 heavy (non-hydrogen) atoms. The van der Waals surface area contributed by atoms with E-state index in [1.54, 1.807) is 12.1 Å². The highest BCUT2D eigenvalue weighted by Crippen LogP contribution is 2.37. The lowest BCUT2D eigenvalue weighted by atomic mass is 9.74. The maximum atomic E-state index is 13.5. The second-order valence-electron chi connectivity index (χ2n) is 8.90. The zero-order valence-electron chi connectivity index (χ0n) is 19.1. The van der Waals surface area contributed by atoms with Crippen molar-refractivity contribution in [1.29, 1.82) is 0 Å². The highest BCUT2D eigenvalue weighted by molar-refractivity contribution is 7.89. The summed E-state index contributed by atoms with van der Waals surface area (Å²) in [6.07, 6.45) is 1.35. The summed E-state index contributed by atoms with van der Waals surface area (Å²) in [6.45, 7) is 3.33. The third-order valence-corrected chi connectivity index (χ3v) is 8.68. The van der Waals surface area contributed by atoms with Crippen molar-refractivity contribution >= 4 is 21.4 Å². The number of halogens is 1. The lowest BCUT2D eigenvalue weighted by Crippen LogP contribution is -2.47. The van der Waals surface area contributed by atoms with Crippen LogP contribution in [0, 0.1) is 15.9 Å². The van der Waals surface area contributed by atoms with Crippen LogP contribution in [0.25, 0.3) is 0 Å². The first kappa shape index (κ1) is 24.5. The Labute approximate surface area is 198 Å². The normalized spacial score (nSPS) is 19.6. The number of rotatable bonds is 7. The van der Waals surface area contributed by atoms with Gasteiger partial charge in [-0.05, 0) is 49.7 Å². The van der Waals surface area contributed by atoms with E-state index >= 15 is 0 Å². The molecule has 0 saturated carbocycles.